The summed E-state index contributed by atoms with van der Waals surface area (Å²) in [5.41, 5.74) is 4.97. The molecule has 1 saturated carbocycles. The molecule has 43 heavy (non-hydrogen) atoms. The third-order valence-corrected chi connectivity index (χ3v) is 15.3. The molecule has 2 spiro atoms. The molecule has 2 fully saturated rings. The lowest BCUT2D eigenvalue weighted by atomic mass is 9.73. The van der Waals surface area contributed by atoms with Crippen LogP contribution in [0.25, 0.3) is 0 Å². The Balaban J connectivity index is 1.59. The van der Waals surface area contributed by atoms with E-state index in [9.17, 15) is 13.2 Å². The van der Waals surface area contributed by atoms with Crippen molar-refractivity contribution in [2.75, 3.05) is 20.3 Å². The molecule has 1 aromatic carbocycles. The molecule has 2 aliphatic heterocycles. The molecule has 236 valence electrons. The zero-order valence-corrected chi connectivity index (χ0v) is 27.8. The number of alkyl halides is 3. The molecule has 2 atom stereocenters. The minimum atomic E-state index is -4.52. The average molecular weight is 618 g/mol. The highest BCUT2D eigenvalue weighted by molar-refractivity contribution is 6.74. The SMILES string of the molecule is COc1cc([C@@H]2OC3(CCOCC3)c3c4c(nc(C(C)C)c32)CC2(CC2)CC4O[Si](C)(C)C(C)(C)C)ccc1C(F)(F)F. The van der Waals surface area contributed by atoms with Crippen LogP contribution in [0.3, 0.4) is 0 Å². The monoisotopic (exact) mass is 617 g/mol. The van der Waals surface area contributed by atoms with Crippen molar-refractivity contribution in [3.05, 3.63) is 57.4 Å². The van der Waals surface area contributed by atoms with Gasteiger partial charge in [-0.05, 0) is 78.4 Å². The third kappa shape index (κ3) is 5.26. The molecule has 2 aliphatic carbocycles. The van der Waals surface area contributed by atoms with E-state index in [1.54, 1.807) is 6.07 Å². The molecular weight excluding hydrogens is 571 g/mol. The third-order valence-electron chi connectivity index (χ3n) is 10.8. The number of fused-ring (bicyclic) bond motifs is 4. The maximum Gasteiger partial charge on any atom is 0.419 e. The van der Waals surface area contributed by atoms with Gasteiger partial charge in [0.15, 0.2) is 8.32 Å². The largest absolute Gasteiger partial charge is 0.496 e. The van der Waals surface area contributed by atoms with E-state index in [2.05, 4.69) is 47.7 Å². The predicted octanol–water partition coefficient (Wildman–Crippen LogP) is 9.15. The van der Waals surface area contributed by atoms with E-state index in [1.165, 1.54) is 37.1 Å². The number of aromatic nitrogens is 1. The fourth-order valence-electron chi connectivity index (χ4n) is 7.23. The highest BCUT2D eigenvalue weighted by atomic mass is 28.4. The van der Waals surface area contributed by atoms with Crippen LogP contribution >= 0.6 is 0 Å². The summed E-state index contributed by atoms with van der Waals surface area (Å²) in [4.78, 5) is 5.43. The van der Waals surface area contributed by atoms with Gasteiger partial charge in [0, 0.05) is 48.6 Å². The van der Waals surface area contributed by atoms with Crippen LogP contribution in [0.2, 0.25) is 18.1 Å². The Labute approximate surface area is 255 Å². The van der Waals surface area contributed by atoms with Crippen molar-refractivity contribution in [2.24, 2.45) is 5.41 Å². The smallest absolute Gasteiger partial charge is 0.419 e. The Morgan fingerprint density at radius 1 is 1.02 bits per heavy atom. The van der Waals surface area contributed by atoms with E-state index in [0.29, 0.717) is 31.6 Å². The van der Waals surface area contributed by atoms with Gasteiger partial charge in [0.25, 0.3) is 0 Å². The molecule has 1 unspecified atom stereocenters. The quantitative estimate of drug-likeness (QED) is 0.313. The Morgan fingerprint density at radius 3 is 2.26 bits per heavy atom. The van der Waals surface area contributed by atoms with Gasteiger partial charge in [-0.15, -0.1) is 0 Å². The number of nitrogens with zero attached hydrogens (tertiary/aromatic N) is 1. The lowest BCUT2D eigenvalue weighted by Gasteiger charge is -2.44. The summed E-state index contributed by atoms with van der Waals surface area (Å²) in [6.45, 7) is 16.9. The molecule has 1 aromatic heterocycles. The number of hydrogen-bond donors (Lipinski definition) is 0. The Kier molecular flexibility index (Phi) is 7.43. The van der Waals surface area contributed by atoms with Crippen LogP contribution in [-0.4, -0.2) is 33.6 Å². The van der Waals surface area contributed by atoms with Gasteiger partial charge < -0.3 is 18.6 Å². The molecule has 4 aliphatic rings. The van der Waals surface area contributed by atoms with Gasteiger partial charge in [-0.2, -0.15) is 13.2 Å². The summed E-state index contributed by atoms with van der Waals surface area (Å²) in [7, 11) is -0.875. The van der Waals surface area contributed by atoms with Gasteiger partial charge in [-0.25, -0.2) is 0 Å². The van der Waals surface area contributed by atoms with Gasteiger partial charge in [0.2, 0.25) is 0 Å². The molecule has 1 saturated heterocycles. The Hall–Kier alpha value is -1.94. The molecule has 2 aromatic rings. The zero-order chi connectivity index (χ0) is 31.2. The number of pyridine rings is 1. The first kappa shape index (κ1) is 31.1. The second-order valence-corrected chi connectivity index (χ2v) is 19.9. The van der Waals surface area contributed by atoms with Crippen LogP contribution in [-0.2, 0) is 32.1 Å². The number of halogens is 3. The van der Waals surface area contributed by atoms with Crippen LogP contribution in [0.1, 0.15) is 124 Å². The van der Waals surface area contributed by atoms with Crippen LogP contribution < -0.4 is 4.74 Å². The van der Waals surface area contributed by atoms with Crippen molar-refractivity contribution >= 4 is 8.32 Å². The van der Waals surface area contributed by atoms with Crippen LogP contribution in [0, 0.1) is 5.41 Å². The highest BCUT2D eigenvalue weighted by Gasteiger charge is 2.57. The van der Waals surface area contributed by atoms with E-state index >= 15 is 0 Å². The second-order valence-electron chi connectivity index (χ2n) is 15.1. The van der Waals surface area contributed by atoms with Crippen LogP contribution in [0.5, 0.6) is 5.75 Å². The van der Waals surface area contributed by atoms with Gasteiger partial charge in [0.05, 0.1) is 24.4 Å². The molecule has 0 bridgehead atoms. The first-order valence-electron chi connectivity index (χ1n) is 15.8. The first-order chi connectivity index (χ1) is 20.0. The van der Waals surface area contributed by atoms with Crippen molar-refractivity contribution in [1.29, 1.82) is 0 Å². The molecule has 6 rings (SSSR count). The molecule has 0 amide bonds. The number of benzene rings is 1. The summed E-state index contributed by atoms with van der Waals surface area (Å²) in [5.74, 6) is -0.0942. The van der Waals surface area contributed by atoms with Crippen molar-refractivity contribution < 1.29 is 31.8 Å². The number of hydrogen-bond acceptors (Lipinski definition) is 5. The number of methoxy groups -OCH3 is 1. The summed E-state index contributed by atoms with van der Waals surface area (Å²) < 4.78 is 67.0. The minimum Gasteiger partial charge on any atom is -0.496 e. The standard InChI is InChI=1S/C34H46F3NO4Si/c1-20(2)29-27-28(26-23(38-29)18-32(11-12-32)19-25(26)42-43(7,8)31(3,4)5)33(13-15-40-16-14-33)41-30(27)21-9-10-22(34(35,36)37)24(17-21)39-6/h9-10,17,20,25,30H,11-16,18-19H2,1-8H3/t25?,30-/m0/s1. The molecule has 3 heterocycles. The summed E-state index contributed by atoms with van der Waals surface area (Å²) in [6, 6.07) is 4.17. The fourth-order valence-corrected chi connectivity index (χ4v) is 8.49. The molecular formula is C34H46F3NO4Si. The summed E-state index contributed by atoms with van der Waals surface area (Å²) >= 11 is 0. The van der Waals surface area contributed by atoms with Gasteiger partial charge >= 0.3 is 6.18 Å². The van der Waals surface area contributed by atoms with Crippen molar-refractivity contribution in [3.8, 4) is 5.75 Å². The summed E-state index contributed by atoms with van der Waals surface area (Å²) in [5, 5.41) is 0.0436. The lowest BCUT2D eigenvalue weighted by Crippen LogP contribution is -2.44. The molecule has 9 heteroatoms. The molecule has 0 radical (unpaired) electrons. The first-order valence-corrected chi connectivity index (χ1v) is 18.7. The van der Waals surface area contributed by atoms with Crippen LogP contribution in [0.4, 0.5) is 13.2 Å². The van der Waals surface area contributed by atoms with Crippen molar-refractivity contribution in [1.82, 2.24) is 4.98 Å². The minimum absolute atomic E-state index is 0.0436. The zero-order valence-electron chi connectivity index (χ0n) is 26.8. The van der Waals surface area contributed by atoms with Crippen LogP contribution in [0.15, 0.2) is 18.2 Å². The van der Waals surface area contributed by atoms with Gasteiger partial charge in [-0.3, -0.25) is 4.98 Å². The van der Waals surface area contributed by atoms with E-state index < -0.39 is 31.8 Å². The average Bonchev–Trinajstić information content (AvgIpc) is 3.58. The molecule has 5 nitrogen and oxygen atoms in total. The Morgan fingerprint density at radius 2 is 1.70 bits per heavy atom. The van der Waals surface area contributed by atoms with Crippen molar-refractivity contribution in [2.45, 2.75) is 121 Å². The second kappa shape index (κ2) is 10.3. The summed E-state index contributed by atoms with van der Waals surface area (Å²) in [6.07, 6.45) is 0.512. The van der Waals surface area contributed by atoms with Gasteiger partial charge in [0.1, 0.15) is 11.9 Å². The van der Waals surface area contributed by atoms with E-state index in [-0.39, 0.29) is 28.2 Å². The fraction of sp³-hybridized carbons (Fsp3) is 0.676. The van der Waals surface area contributed by atoms with E-state index in [4.69, 9.17) is 23.6 Å². The van der Waals surface area contributed by atoms with Gasteiger partial charge in [-0.1, -0.05) is 40.7 Å². The highest BCUT2D eigenvalue weighted by Crippen LogP contribution is 2.63. The topological polar surface area (TPSA) is 49.8 Å². The number of rotatable bonds is 5. The van der Waals surface area contributed by atoms with E-state index in [1.807, 2.05) is 0 Å². The predicted molar refractivity (Wildman–Crippen MR) is 162 cm³/mol. The maximum absolute atomic E-state index is 13.8. The normalized spacial score (nSPS) is 24.4. The van der Waals surface area contributed by atoms with E-state index in [0.717, 1.165) is 35.9 Å². The lowest BCUT2D eigenvalue weighted by molar-refractivity contribution is -0.139. The maximum atomic E-state index is 13.8. The van der Waals surface area contributed by atoms with Crippen molar-refractivity contribution in [3.63, 3.8) is 0 Å². The molecule has 0 N–H and O–H groups in total. The Bertz CT molecular complexity index is 1400. The number of ether oxygens (including phenoxy) is 3.